The van der Waals surface area contributed by atoms with Crippen LogP contribution in [0.3, 0.4) is 0 Å². The van der Waals surface area contributed by atoms with Gasteiger partial charge in [-0.2, -0.15) is 0 Å². The summed E-state index contributed by atoms with van der Waals surface area (Å²) < 4.78 is 0. The minimum atomic E-state index is 0.0262. The van der Waals surface area contributed by atoms with Gasteiger partial charge >= 0.3 is 0 Å². The van der Waals surface area contributed by atoms with E-state index >= 15 is 0 Å². The van der Waals surface area contributed by atoms with Crippen molar-refractivity contribution in [2.45, 2.75) is 51.5 Å². The third-order valence-corrected chi connectivity index (χ3v) is 5.01. The van der Waals surface area contributed by atoms with Crippen LogP contribution in [-0.2, 0) is 4.79 Å². The molecule has 1 aliphatic carbocycles. The molecule has 3 rings (SSSR count). The van der Waals surface area contributed by atoms with Gasteiger partial charge in [-0.3, -0.25) is 4.79 Å². The van der Waals surface area contributed by atoms with Crippen LogP contribution in [-0.4, -0.2) is 36.5 Å². The minimum absolute atomic E-state index is 0.0262. The molecule has 2 aliphatic heterocycles. The van der Waals surface area contributed by atoms with Crippen LogP contribution in [0, 0.1) is 11.3 Å². The number of carbonyl (C=O) groups is 1. The van der Waals surface area contributed by atoms with Crippen LogP contribution in [0.5, 0.6) is 0 Å². The van der Waals surface area contributed by atoms with E-state index in [0.717, 1.165) is 37.9 Å². The molecule has 3 aliphatic rings. The molecule has 0 aromatic heterocycles. The first-order chi connectivity index (χ1) is 8.19. The van der Waals surface area contributed by atoms with Gasteiger partial charge in [0.05, 0.1) is 0 Å². The van der Waals surface area contributed by atoms with Crippen LogP contribution in [0.2, 0.25) is 0 Å². The molecule has 96 valence electrons. The van der Waals surface area contributed by atoms with E-state index in [9.17, 15) is 4.79 Å². The molecule has 3 heteroatoms. The highest BCUT2D eigenvalue weighted by Gasteiger charge is 2.47. The van der Waals surface area contributed by atoms with Crippen LogP contribution in [0.25, 0.3) is 0 Å². The van der Waals surface area contributed by atoms with Gasteiger partial charge in [0.25, 0.3) is 0 Å². The molecule has 0 spiro atoms. The Bertz CT molecular complexity index is 297. The average Bonchev–Trinajstić information content (AvgIpc) is 2.91. The maximum Gasteiger partial charge on any atom is 0.228 e. The molecule has 1 unspecified atom stereocenters. The van der Waals surface area contributed by atoms with Gasteiger partial charge in [0.15, 0.2) is 0 Å². The number of hydrogen-bond acceptors (Lipinski definition) is 2. The first-order valence-electron chi connectivity index (χ1n) is 7.22. The summed E-state index contributed by atoms with van der Waals surface area (Å²) in [6.07, 6.45) is 7.31. The normalized spacial score (nSPS) is 32.8. The van der Waals surface area contributed by atoms with E-state index in [1.165, 1.54) is 32.2 Å². The summed E-state index contributed by atoms with van der Waals surface area (Å²) in [4.78, 5) is 14.3. The van der Waals surface area contributed by atoms with Gasteiger partial charge in [-0.1, -0.05) is 6.92 Å². The number of rotatable bonds is 2. The van der Waals surface area contributed by atoms with E-state index < -0.39 is 0 Å². The van der Waals surface area contributed by atoms with Gasteiger partial charge in [-0.25, -0.2) is 0 Å². The molecule has 0 radical (unpaired) electrons. The summed E-state index contributed by atoms with van der Waals surface area (Å²) in [7, 11) is 0. The molecule has 0 aromatic carbocycles. The highest BCUT2D eigenvalue weighted by molar-refractivity contribution is 5.84. The zero-order chi connectivity index (χ0) is 11.9. The number of hydrogen-bond donors (Lipinski definition) is 1. The molecule has 3 fully saturated rings. The highest BCUT2D eigenvalue weighted by atomic mass is 16.2. The molecule has 1 atom stereocenters. The van der Waals surface area contributed by atoms with Crippen molar-refractivity contribution >= 4 is 5.91 Å². The minimum Gasteiger partial charge on any atom is -0.342 e. The molecule has 3 nitrogen and oxygen atoms in total. The number of nitrogens with zero attached hydrogens (tertiary/aromatic N) is 1. The summed E-state index contributed by atoms with van der Waals surface area (Å²) in [5, 5.41) is 3.61. The summed E-state index contributed by atoms with van der Waals surface area (Å²) in [5.41, 5.74) is 0.0262. The van der Waals surface area contributed by atoms with Crippen molar-refractivity contribution in [2.24, 2.45) is 11.3 Å². The van der Waals surface area contributed by atoms with Crippen LogP contribution in [0.1, 0.15) is 45.4 Å². The lowest BCUT2D eigenvalue weighted by atomic mass is 9.88. The Morgan fingerprint density at radius 1 is 1.24 bits per heavy atom. The molecule has 2 saturated heterocycles. The van der Waals surface area contributed by atoms with Crippen molar-refractivity contribution < 1.29 is 4.79 Å². The lowest BCUT2D eigenvalue weighted by Gasteiger charge is -2.36. The Balaban J connectivity index is 1.51. The van der Waals surface area contributed by atoms with Crippen molar-refractivity contribution in [1.82, 2.24) is 10.2 Å². The highest BCUT2D eigenvalue weighted by Crippen LogP contribution is 2.47. The first-order valence-corrected chi connectivity index (χ1v) is 7.22. The quantitative estimate of drug-likeness (QED) is 0.792. The lowest BCUT2D eigenvalue weighted by Crippen LogP contribution is -2.45. The van der Waals surface area contributed by atoms with Gasteiger partial charge in [-0.15, -0.1) is 0 Å². The number of likely N-dealkylation sites (tertiary alicyclic amines) is 1. The summed E-state index contributed by atoms with van der Waals surface area (Å²) >= 11 is 0. The SMILES string of the molecule is CC1(C(=O)N2CCC(C3CCCN3)CC2)CC1. The van der Waals surface area contributed by atoms with E-state index in [-0.39, 0.29) is 5.41 Å². The lowest BCUT2D eigenvalue weighted by molar-refractivity contribution is -0.137. The zero-order valence-corrected chi connectivity index (χ0v) is 10.9. The standard InChI is InChI=1S/C14H24N2O/c1-14(6-7-14)13(17)16-9-4-11(5-10-16)12-3-2-8-15-12/h11-12,15H,2-10H2,1H3. The predicted octanol–water partition coefficient (Wildman–Crippen LogP) is 1.78. The Kier molecular flexibility index (Phi) is 2.89. The third kappa shape index (κ3) is 2.22. The van der Waals surface area contributed by atoms with E-state index in [0.29, 0.717) is 5.91 Å². The maximum absolute atomic E-state index is 12.2. The number of piperidine rings is 1. The molecule has 2 heterocycles. The topological polar surface area (TPSA) is 32.3 Å². The van der Waals surface area contributed by atoms with Crippen LogP contribution in [0.15, 0.2) is 0 Å². The van der Waals surface area contributed by atoms with Crippen molar-refractivity contribution in [2.75, 3.05) is 19.6 Å². The Morgan fingerprint density at radius 3 is 2.47 bits per heavy atom. The zero-order valence-electron chi connectivity index (χ0n) is 10.9. The summed E-state index contributed by atoms with van der Waals surface area (Å²) in [6, 6.07) is 0.740. The van der Waals surface area contributed by atoms with Crippen LogP contribution in [0.4, 0.5) is 0 Å². The summed E-state index contributed by atoms with van der Waals surface area (Å²) in [6.45, 7) is 5.32. The molecule has 1 amide bonds. The van der Waals surface area contributed by atoms with Crippen molar-refractivity contribution in [3.8, 4) is 0 Å². The Hall–Kier alpha value is -0.570. The second-order valence-corrected chi connectivity index (χ2v) is 6.39. The average molecular weight is 236 g/mol. The van der Waals surface area contributed by atoms with Crippen molar-refractivity contribution in [3.05, 3.63) is 0 Å². The fourth-order valence-corrected chi connectivity index (χ4v) is 3.40. The fourth-order valence-electron chi connectivity index (χ4n) is 3.40. The second-order valence-electron chi connectivity index (χ2n) is 6.39. The van der Waals surface area contributed by atoms with Crippen molar-refractivity contribution in [1.29, 1.82) is 0 Å². The molecule has 1 saturated carbocycles. The van der Waals surface area contributed by atoms with Gasteiger partial charge in [0.2, 0.25) is 5.91 Å². The fraction of sp³-hybridized carbons (Fsp3) is 0.929. The van der Waals surface area contributed by atoms with Crippen molar-refractivity contribution in [3.63, 3.8) is 0 Å². The van der Waals surface area contributed by atoms with Crippen LogP contribution < -0.4 is 5.32 Å². The number of carbonyl (C=O) groups excluding carboxylic acids is 1. The third-order valence-electron chi connectivity index (χ3n) is 5.01. The first kappa shape index (κ1) is 11.5. The molecule has 0 aromatic rings. The van der Waals surface area contributed by atoms with E-state index in [4.69, 9.17) is 0 Å². The number of nitrogens with one attached hydrogen (secondary N) is 1. The van der Waals surface area contributed by atoms with Gasteiger partial charge in [-0.05, 0) is 51.0 Å². The van der Waals surface area contributed by atoms with Gasteiger partial charge in [0, 0.05) is 24.5 Å². The molecule has 17 heavy (non-hydrogen) atoms. The molecule has 1 N–H and O–H groups in total. The Morgan fingerprint density at radius 2 is 1.94 bits per heavy atom. The maximum atomic E-state index is 12.2. The Labute approximate surface area is 104 Å². The van der Waals surface area contributed by atoms with E-state index in [2.05, 4.69) is 17.1 Å². The van der Waals surface area contributed by atoms with Gasteiger partial charge < -0.3 is 10.2 Å². The van der Waals surface area contributed by atoms with Gasteiger partial charge in [0.1, 0.15) is 0 Å². The summed E-state index contributed by atoms with van der Waals surface area (Å²) in [5.74, 6) is 1.24. The second kappa shape index (κ2) is 4.27. The molecule has 0 bridgehead atoms. The smallest absolute Gasteiger partial charge is 0.228 e. The molecular formula is C14H24N2O. The van der Waals surface area contributed by atoms with E-state index in [1.54, 1.807) is 0 Å². The van der Waals surface area contributed by atoms with E-state index in [1.807, 2.05) is 0 Å². The monoisotopic (exact) mass is 236 g/mol. The molecular weight excluding hydrogens is 212 g/mol. The van der Waals surface area contributed by atoms with Crippen LogP contribution >= 0.6 is 0 Å². The largest absolute Gasteiger partial charge is 0.342 e. The number of amides is 1. The predicted molar refractivity (Wildman–Crippen MR) is 67.7 cm³/mol.